The van der Waals surface area contributed by atoms with Gasteiger partial charge in [0.15, 0.2) is 0 Å². The fourth-order valence-corrected chi connectivity index (χ4v) is 5.23. The smallest absolute Gasteiger partial charge is 0.124 e. The van der Waals surface area contributed by atoms with E-state index in [4.69, 9.17) is 4.98 Å². The first-order valence-electron chi connectivity index (χ1n) is 8.54. The lowest BCUT2D eigenvalue weighted by Gasteiger charge is -2.13. The molecule has 0 spiro atoms. The number of imidazole rings is 1. The summed E-state index contributed by atoms with van der Waals surface area (Å²) in [4.78, 5) is 12.0. The Morgan fingerprint density at radius 2 is 2.00 bits per heavy atom. The van der Waals surface area contributed by atoms with Gasteiger partial charge in [-0.1, -0.05) is 6.07 Å². The van der Waals surface area contributed by atoms with E-state index in [1.165, 1.54) is 52.5 Å². The van der Waals surface area contributed by atoms with Crippen molar-refractivity contribution in [2.45, 2.75) is 32.6 Å². The van der Waals surface area contributed by atoms with Crippen LogP contribution < -0.4 is 0 Å². The van der Waals surface area contributed by atoms with Crippen molar-refractivity contribution in [3.05, 3.63) is 46.7 Å². The number of aromatic nitrogens is 3. The summed E-state index contributed by atoms with van der Waals surface area (Å²) < 4.78 is 2.09. The van der Waals surface area contributed by atoms with Gasteiger partial charge in [0, 0.05) is 23.0 Å². The minimum Gasteiger partial charge on any atom is -0.334 e. The highest BCUT2D eigenvalue weighted by atomic mass is 32.1. The average molecular weight is 333 g/mol. The quantitative estimate of drug-likeness (QED) is 0.489. The van der Waals surface area contributed by atoms with E-state index in [0.717, 1.165) is 11.2 Å². The van der Waals surface area contributed by atoms with Crippen molar-refractivity contribution in [3.8, 4) is 11.1 Å². The van der Waals surface area contributed by atoms with Crippen LogP contribution in [0, 0.1) is 6.92 Å². The Morgan fingerprint density at radius 3 is 2.92 bits per heavy atom. The first-order valence-corrected chi connectivity index (χ1v) is 9.36. The summed E-state index contributed by atoms with van der Waals surface area (Å²) in [6.07, 6.45) is 6.91. The van der Waals surface area contributed by atoms with E-state index >= 15 is 0 Å². The Kier molecular flexibility index (Phi) is 3.04. The predicted molar refractivity (Wildman–Crippen MR) is 101 cm³/mol. The van der Waals surface area contributed by atoms with Gasteiger partial charge in [-0.3, -0.25) is 0 Å². The van der Waals surface area contributed by atoms with Crippen molar-refractivity contribution in [1.82, 2.24) is 14.5 Å². The van der Waals surface area contributed by atoms with Gasteiger partial charge in [-0.2, -0.15) is 0 Å². The highest BCUT2D eigenvalue weighted by Gasteiger charge is 2.20. The van der Waals surface area contributed by atoms with E-state index in [2.05, 4.69) is 47.8 Å². The van der Waals surface area contributed by atoms with Gasteiger partial charge in [0.05, 0.1) is 17.4 Å². The van der Waals surface area contributed by atoms with Crippen LogP contribution in [0.2, 0.25) is 0 Å². The van der Waals surface area contributed by atoms with Crippen molar-refractivity contribution in [1.29, 1.82) is 0 Å². The Labute approximate surface area is 145 Å². The molecule has 3 nitrogen and oxygen atoms in total. The zero-order chi connectivity index (χ0) is 16.3. The van der Waals surface area contributed by atoms with Gasteiger partial charge in [0.25, 0.3) is 0 Å². The maximum atomic E-state index is 4.84. The maximum absolute atomic E-state index is 4.84. The van der Waals surface area contributed by atoms with Crippen molar-refractivity contribution in [2.24, 2.45) is 7.05 Å². The molecule has 4 heteroatoms. The van der Waals surface area contributed by atoms with Crippen molar-refractivity contribution < 1.29 is 0 Å². The molecule has 1 aromatic carbocycles. The van der Waals surface area contributed by atoms with E-state index in [1.807, 2.05) is 17.7 Å². The summed E-state index contributed by atoms with van der Waals surface area (Å²) in [6, 6.07) is 8.85. The van der Waals surface area contributed by atoms with Crippen LogP contribution in [0.25, 0.3) is 32.4 Å². The number of rotatable bonds is 1. The maximum Gasteiger partial charge on any atom is 0.124 e. The fraction of sp³-hybridized carbons (Fsp3) is 0.300. The average Bonchev–Trinajstić information content (AvgIpc) is 3.14. The molecule has 4 aromatic rings. The second-order valence-corrected chi connectivity index (χ2v) is 7.84. The molecule has 120 valence electrons. The third-order valence-corrected chi connectivity index (χ3v) is 6.28. The molecule has 1 aliphatic carbocycles. The summed E-state index contributed by atoms with van der Waals surface area (Å²) in [5, 5.41) is 1.39. The van der Waals surface area contributed by atoms with Gasteiger partial charge in [-0.25, -0.2) is 9.97 Å². The molecule has 0 unspecified atom stereocenters. The predicted octanol–water partition coefficient (Wildman–Crippen LogP) is 5.04. The number of thiophene rings is 1. The van der Waals surface area contributed by atoms with E-state index in [-0.39, 0.29) is 0 Å². The topological polar surface area (TPSA) is 30.7 Å². The summed E-state index contributed by atoms with van der Waals surface area (Å²) in [5.74, 6) is 0. The van der Waals surface area contributed by atoms with Gasteiger partial charge >= 0.3 is 0 Å². The van der Waals surface area contributed by atoms with Gasteiger partial charge in [-0.15, -0.1) is 11.3 Å². The minimum atomic E-state index is 1.05. The van der Waals surface area contributed by atoms with Gasteiger partial charge in [0.2, 0.25) is 0 Å². The molecule has 3 heterocycles. The molecule has 0 bridgehead atoms. The lowest BCUT2D eigenvalue weighted by Crippen LogP contribution is -1.99. The lowest BCUT2D eigenvalue weighted by atomic mass is 9.92. The van der Waals surface area contributed by atoms with Crippen molar-refractivity contribution in [2.75, 3.05) is 0 Å². The molecule has 0 aliphatic heterocycles. The molecule has 0 radical (unpaired) electrons. The first-order chi connectivity index (χ1) is 11.7. The van der Waals surface area contributed by atoms with Crippen LogP contribution in [0.3, 0.4) is 0 Å². The van der Waals surface area contributed by atoms with Crippen LogP contribution in [-0.2, 0) is 19.9 Å². The number of nitrogens with zero attached hydrogens (tertiary/aromatic N) is 3. The number of pyridine rings is 1. The molecule has 0 saturated heterocycles. The minimum absolute atomic E-state index is 1.05. The molecular formula is C20H19N3S. The molecule has 0 fully saturated rings. The third-order valence-electron chi connectivity index (χ3n) is 5.09. The molecule has 5 rings (SSSR count). The highest BCUT2D eigenvalue weighted by molar-refractivity contribution is 7.19. The van der Waals surface area contributed by atoms with Gasteiger partial charge in [0.1, 0.15) is 4.83 Å². The highest BCUT2D eigenvalue weighted by Crippen LogP contribution is 2.41. The Morgan fingerprint density at radius 1 is 1.12 bits per heavy atom. The summed E-state index contributed by atoms with van der Waals surface area (Å²) in [7, 11) is 2.05. The molecule has 0 N–H and O–H groups in total. The van der Waals surface area contributed by atoms with Crippen LogP contribution in [0.15, 0.2) is 30.6 Å². The van der Waals surface area contributed by atoms with Crippen LogP contribution in [0.4, 0.5) is 0 Å². The lowest BCUT2D eigenvalue weighted by molar-refractivity contribution is 0.700. The Bertz CT molecular complexity index is 1090. The Hall–Kier alpha value is -2.20. The number of hydrogen-bond acceptors (Lipinski definition) is 3. The molecule has 0 saturated carbocycles. The largest absolute Gasteiger partial charge is 0.334 e. The summed E-state index contributed by atoms with van der Waals surface area (Å²) >= 11 is 1.90. The first kappa shape index (κ1) is 14.2. The van der Waals surface area contributed by atoms with E-state index in [1.54, 1.807) is 10.4 Å². The molecule has 1 aliphatic rings. The molecule has 0 atom stereocenters. The summed E-state index contributed by atoms with van der Waals surface area (Å²) in [6.45, 7) is 2.10. The van der Waals surface area contributed by atoms with Crippen LogP contribution in [0.5, 0.6) is 0 Å². The number of hydrogen-bond donors (Lipinski definition) is 0. The second kappa shape index (κ2) is 5.15. The summed E-state index contributed by atoms with van der Waals surface area (Å²) in [5.41, 5.74) is 7.48. The van der Waals surface area contributed by atoms with E-state index in [9.17, 15) is 0 Å². The standard InChI is InChI=1S/C20H19N3S/c1-12-9-15(13-7-8-16-17(10-13)23(2)11-21-16)19-14-5-3-4-6-18(14)24-20(19)22-12/h7-11H,3-6H2,1-2H3. The monoisotopic (exact) mass is 333 g/mol. The zero-order valence-electron chi connectivity index (χ0n) is 14.0. The fourth-order valence-electron chi connectivity index (χ4n) is 3.90. The third kappa shape index (κ3) is 2.02. The SMILES string of the molecule is Cc1cc(-c2ccc3ncn(C)c3c2)c2c3c(sc2n1)CCCC3. The van der Waals surface area contributed by atoms with Crippen molar-refractivity contribution in [3.63, 3.8) is 0 Å². The van der Waals surface area contributed by atoms with E-state index < -0.39 is 0 Å². The molecule has 3 aromatic heterocycles. The van der Waals surface area contributed by atoms with Crippen LogP contribution >= 0.6 is 11.3 Å². The van der Waals surface area contributed by atoms with Crippen LogP contribution in [-0.4, -0.2) is 14.5 Å². The molecule has 0 amide bonds. The second-order valence-electron chi connectivity index (χ2n) is 6.76. The Balaban J connectivity index is 1.83. The van der Waals surface area contributed by atoms with Crippen molar-refractivity contribution >= 4 is 32.6 Å². The number of aryl methyl sites for hydroxylation is 4. The van der Waals surface area contributed by atoms with Gasteiger partial charge < -0.3 is 4.57 Å². The zero-order valence-corrected chi connectivity index (χ0v) is 14.8. The van der Waals surface area contributed by atoms with E-state index in [0.29, 0.717) is 0 Å². The number of fused-ring (bicyclic) bond motifs is 4. The molecule has 24 heavy (non-hydrogen) atoms. The normalized spacial score (nSPS) is 14.4. The number of benzene rings is 1. The van der Waals surface area contributed by atoms with Gasteiger partial charge in [-0.05, 0) is 67.5 Å². The molecular weight excluding hydrogens is 314 g/mol. The van der Waals surface area contributed by atoms with Crippen LogP contribution in [0.1, 0.15) is 29.0 Å².